The average molecular weight is 377 g/mol. The van der Waals surface area contributed by atoms with E-state index in [1.165, 1.54) is 24.3 Å². The number of halogens is 1. The highest BCUT2D eigenvalue weighted by molar-refractivity contribution is 6.12. The molecule has 3 rings (SSSR count). The van der Waals surface area contributed by atoms with E-state index >= 15 is 0 Å². The molecule has 28 heavy (non-hydrogen) atoms. The molecule has 2 aromatic carbocycles. The van der Waals surface area contributed by atoms with Crippen molar-refractivity contribution >= 4 is 23.6 Å². The molecule has 0 fully saturated rings. The molecule has 0 atom stereocenters. The van der Waals surface area contributed by atoms with Crippen molar-refractivity contribution < 1.29 is 13.9 Å². The van der Waals surface area contributed by atoms with Gasteiger partial charge < -0.3 is 9.64 Å². The van der Waals surface area contributed by atoms with Crippen molar-refractivity contribution in [2.24, 2.45) is 4.99 Å². The molecular weight excluding hydrogens is 357 g/mol. The van der Waals surface area contributed by atoms with Crippen LogP contribution in [0.1, 0.15) is 30.0 Å². The van der Waals surface area contributed by atoms with Crippen molar-refractivity contribution in [2.75, 3.05) is 18.0 Å². The second kappa shape index (κ2) is 8.49. The van der Waals surface area contributed by atoms with E-state index in [2.05, 4.69) is 16.0 Å². The molecule has 0 aromatic heterocycles. The fourth-order valence-corrected chi connectivity index (χ4v) is 2.95. The van der Waals surface area contributed by atoms with Gasteiger partial charge in [-0.05, 0) is 67.4 Å². The standard InChI is InChI=1S/C22H20FN3O2/c1-3-26(12-4-11-24)19-10-7-17(15(2)13-19)14-20-22(27)28-21(25-20)16-5-8-18(23)9-6-16/h5-10,13-14H,3-4,12H2,1-2H3/b20-14-. The number of carbonyl (C=O) groups excluding carboxylic acids is 1. The van der Waals surface area contributed by atoms with Crippen LogP contribution in [-0.2, 0) is 9.53 Å². The van der Waals surface area contributed by atoms with Gasteiger partial charge in [0.05, 0.1) is 12.5 Å². The number of aryl methyl sites for hydroxylation is 1. The number of esters is 1. The number of aliphatic imine (C=N–C) groups is 1. The molecule has 0 saturated carbocycles. The van der Waals surface area contributed by atoms with Crippen LogP contribution in [-0.4, -0.2) is 25.0 Å². The molecule has 0 spiro atoms. The van der Waals surface area contributed by atoms with Gasteiger partial charge in [-0.1, -0.05) is 6.07 Å². The summed E-state index contributed by atoms with van der Waals surface area (Å²) in [5, 5.41) is 8.80. The molecule has 0 N–H and O–H groups in total. The van der Waals surface area contributed by atoms with Gasteiger partial charge in [0.25, 0.3) is 0 Å². The van der Waals surface area contributed by atoms with E-state index in [-0.39, 0.29) is 17.4 Å². The van der Waals surface area contributed by atoms with E-state index in [1.807, 2.05) is 32.0 Å². The lowest BCUT2D eigenvalue weighted by molar-refractivity contribution is -0.129. The second-order valence-corrected chi connectivity index (χ2v) is 6.37. The fraction of sp³-hybridized carbons (Fsp3) is 0.227. The van der Waals surface area contributed by atoms with Gasteiger partial charge in [-0.15, -0.1) is 0 Å². The number of anilines is 1. The summed E-state index contributed by atoms with van der Waals surface area (Å²) in [7, 11) is 0. The van der Waals surface area contributed by atoms with Crippen LogP contribution in [0.3, 0.4) is 0 Å². The van der Waals surface area contributed by atoms with Gasteiger partial charge in [-0.3, -0.25) is 0 Å². The summed E-state index contributed by atoms with van der Waals surface area (Å²) in [4.78, 5) is 18.5. The number of benzene rings is 2. The minimum atomic E-state index is -0.535. The Hall–Kier alpha value is -3.46. The normalized spacial score (nSPS) is 14.6. The van der Waals surface area contributed by atoms with Gasteiger partial charge in [0.2, 0.25) is 5.90 Å². The van der Waals surface area contributed by atoms with Gasteiger partial charge in [-0.25, -0.2) is 14.2 Å². The molecule has 6 heteroatoms. The molecule has 0 radical (unpaired) electrons. The number of ether oxygens (including phenoxy) is 1. The SMILES string of the molecule is CCN(CCC#N)c1ccc(/C=C2\N=C(c3ccc(F)cc3)OC2=O)c(C)c1. The fourth-order valence-electron chi connectivity index (χ4n) is 2.95. The number of hydrogen-bond donors (Lipinski definition) is 0. The third-order valence-electron chi connectivity index (χ3n) is 4.50. The largest absolute Gasteiger partial charge is 0.402 e. The molecule has 0 aliphatic carbocycles. The van der Waals surface area contributed by atoms with Crippen LogP contribution >= 0.6 is 0 Å². The quantitative estimate of drug-likeness (QED) is 0.558. The zero-order chi connectivity index (χ0) is 20.1. The first-order valence-corrected chi connectivity index (χ1v) is 9.03. The number of cyclic esters (lactones) is 1. The maximum absolute atomic E-state index is 13.1. The van der Waals surface area contributed by atoms with E-state index in [1.54, 1.807) is 6.08 Å². The van der Waals surface area contributed by atoms with Gasteiger partial charge >= 0.3 is 5.97 Å². The predicted molar refractivity (Wildman–Crippen MR) is 106 cm³/mol. The molecule has 1 aliphatic rings. The van der Waals surface area contributed by atoms with E-state index in [0.29, 0.717) is 18.5 Å². The first kappa shape index (κ1) is 19.3. The third kappa shape index (κ3) is 4.26. The zero-order valence-electron chi connectivity index (χ0n) is 15.8. The highest BCUT2D eigenvalue weighted by Gasteiger charge is 2.24. The van der Waals surface area contributed by atoms with Gasteiger partial charge in [0, 0.05) is 24.3 Å². The van der Waals surface area contributed by atoms with Crippen molar-refractivity contribution in [1.82, 2.24) is 0 Å². The molecule has 142 valence electrons. The molecule has 0 unspecified atom stereocenters. The van der Waals surface area contributed by atoms with Crippen molar-refractivity contribution in [3.8, 4) is 6.07 Å². The second-order valence-electron chi connectivity index (χ2n) is 6.37. The number of hydrogen-bond acceptors (Lipinski definition) is 5. The molecule has 1 aliphatic heterocycles. The molecular formula is C22H20FN3O2. The van der Waals surface area contributed by atoms with E-state index < -0.39 is 5.97 Å². The monoisotopic (exact) mass is 377 g/mol. The topological polar surface area (TPSA) is 65.7 Å². The number of rotatable bonds is 6. The van der Waals surface area contributed by atoms with Gasteiger partial charge in [-0.2, -0.15) is 5.26 Å². The van der Waals surface area contributed by atoms with Crippen molar-refractivity contribution in [3.63, 3.8) is 0 Å². The molecule has 5 nitrogen and oxygen atoms in total. The number of carbonyl (C=O) groups is 1. The Kier molecular flexibility index (Phi) is 5.85. The zero-order valence-corrected chi connectivity index (χ0v) is 15.8. The number of nitriles is 1. The maximum Gasteiger partial charge on any atom is 0.363 e. The lowest BCUT2D eigenvalue weighted by atomic mass is 10.1. The first-order valence-electron chi connectivity index (χ1n) is 9.03. The van der Waals surface area contributed by atoms with Crippen LogP contribution in [0.25, 0.3) is 6.08 Å². The van der Waals surface area contributed by atoms with Crippen LogP contribution in [0, 0.1) is 24.1 Å². The van der Waals surface area contributed by atoms with Crippen LogP contribution in [0.4, 0.5) is 10.1 Å². The highest BCUT2D eigenvalue weighted by atomic mass is 19.1. The highest BCUT2D eigenvalue weighted by Crippen LogP contribution is 2.24. The van der Waals surface area contributed by atoms with E-state index in [4.69, 9.17) is 10.00 Å². The third-order valence-corrected chi connectivity index (χ3v) is 4.50. The number of nitrogens with zero attached hydrogens (tertiary/aromatic N) is 3. The molecule has 0 bridgehead atoms. The summed E-state index contributed by atoms with van der Waals surface area (Å²) < 4.78 is 18.3. The van der Waals surface area contributed by atoms with Crippen molar-refractivity contribution in [3.05, 3.63) is 70.7 Å². The average Bonchev–Trinajstić information content (AvgIpc) is 3.05. The lowest BCUT2D eigenvalue weighted by Gasteiger charge is -2.22. The van der Waals surface area contributed by atoms with Crippen molar-refractivity contribution in [1.29, 1.82) is 5.26 Å². The summed E-state index contributed by atoms with van der Waals surface area (Å²) in [6.45, 7) is 5.48. The predicted octanol–water partition coefficient (Wildman–Crippen LogP) is 4.22. The minimum Gasteiger partial charge on any atom is -0.402 e. The summed E-state index contributed by atoms with van der Waals surface area (Å²) in [5.41, 5.74) is 3.62. The summed E-state index contributed by atoms with van der Waals surface area (Å²) in [6, 6.07) is 13.7. The van der Waals surface area contributed by atoms with Crippen LogP contribution < -0.4 is 4.90 Å². The Balaban J connectivity index is 1.85. The molecule has 1 heterocycles. The van der Waals surface area contributed by atoms with E-state index in [9.17, 15) is 9.18 Å². The van der Waals surface area contributed by atoms with E-state index in [0.717, 1.165) is 23.4 Å². The van der Waals surface area contributed by atoms with Crippen molar-refractivity contribution in [2.45, 2.75) is 20.3 Å². The van der Waals surface area contributed by atoms with Crippen LogP contribution in [0.5, 0.6) is 0 Å². The smallest absolute Gasteiger partial charge is 0.363 e. The Morgan fingerprint density at radius 1 is 1.25 bits per heavy atom. The Morgan fingerprint density at radius 3 is 2.64 bits per heavy atom. The van der Waals surface area contributed by atoms with Gasteiger partial charge in [0.15, 0.2) is 5.70 Å². The molecule has 2 aromatic rings. The maximum atomic E-state index is 13.1. The molecule has 0 saturated heterocycles. The Bertz CT molecular complexity index is 988. The minimum absolute atomic E-state index is 0.166. The molecule has 0 amide bonds. The Labute approximate surface area is 163 Å². The first-order chi connectivity index (χ1) is 13.5. The van der Waals surface area contributed by atoms with Crippen LogP contribution in [0.15, 0.2) is 53.2 Å². The van der Waals surface area contributed by atoms with Gasteiger partial charge in [0.1, 0.15) is 5.82 Å². The lowest BCUT2D eigenvalue weighted by Crippen LogP contribution is -2.23. The summed E-state index contributed by atoms with van der Waals surface area (Å²) >= 11 is 0. The summed E-state index contributed by atoms with van der Waals surface area (Å²) in [6.07, 6.45) is 2.15. The Morgan fingerprint density at radius 2 is 2.00 bits per heavy atom. The summed E-state index contributed by atoms with van der Waals surface area (Å²) in [5.74, 6) is -0.734. The van der Waals surface area contributed by atoms with Crippen LogP contribution in [0.2, 0.25) is 0 Å².